The van der Waals surface area contributed by atoms with E-state index in [2.05, 4.69) is 6.07 Å². The first kappa shape index (κ1) is 7.76. The number of hydrogen-bond donors (Lipinski definition) is 1. The second-order valence-corrected chi connectivity index (χ2v) is 3.38. The van der Waals surface area contributed by atoms with Gasteiger partial charge < -0.3 is 5.11 Å². The molecule has 1 rings (SSSR count). The lowest BCUT2D eigenvalue weighted by atomic mass is 10.2. The summed E-state index contributed by atoms with van der Waals surface area (Å²) in [5, 5.41) is 11.3. The predicted molar refractivity (Wildman–Crippen MR) is 44.3 cm³/mol. The molecular formula is C8H12OS. The van der Waals surface area contributed by atoms with E-state index in [9.17, 15) is 5.11 Å². The monoisotopic (exact) mass is 156 g/mol. The van der Waals surface area contributed by atoms with E-state index in [-0.39, 0.29) is 6.10 Å². The van der Waals surface area contributed by atoms with Crippen LogP contribution in [0.2, 0.25) is 0 Å². The lowest BCUT2D eigenvalue weighted by molar-refractivity contribution is 0.171. The molecule has 0 aliphatic rings. The maximum absolute atomic E-state index is 9.24. The Morgan fingerprint density at radius 3 is 3.00 bits per heavy atom. The van der Waals surface area contributed by atoms with Crippen LogP contribution in [0.1, 0.15) is 18.2 Å². The summed E-state index contributed by atoms with van der Waals surface area (Å²) in [5.41, 5.74) is 0. The van der Waals surface area contributed by atoms with Crippen LogP contribution in [-0.2, 0) is 6.42 Å². The first-order valence-electron chi connectivity index (χ1n) is 3.53. The SMILES string of the molecule is CCC(O)Cc1cccs1. The standard InChI is InChI=1S/C8H12OS/c1-2-7(9)6-8-4-3-5-10-8/h3-5,7,9H,2,6H2,1H3. The maximum Gasteiger partial charge on any atom is 0.0585 e. The van der Waals surface area contributed by atoms with Crippen LogP contribution < -0.4 is 0 Å². The Morgan fingerprint density at radius 2 is 2.50 bits per heavy atom. The molecule has 10 heavy (non-hydrogen) atoms. The molecule has 1 N–H and O–H groups in total. The zero-order valence-corrected chi connectivity index (χ0v) is 6.90. The highest BCUT2D eigenvalue weighted by molar-refractivity contribution is 7.09. The average Bonchev–Trinajstić information content (AvgIpc) is 2.40. The minimum Gasteiger partial charge on any atom is -0.393 e. The molecule has 0 aliphatic carbocycles. The normalized spacial score (nSPS) is 13.4. The molecule has 0 saturated heterocycles. The number of rotatable bonds is 3. The summed E-state index contributed by atoms with van der Waals surface area (Å²) < 4.78 is 0. The zero-order valence-electron chi connectivity index (χ0n) is 6.08. The third-order valence-corrected chi connectivity index (χ3v) is 2.39. The van der Waals surface area contributed by atoms with Gasteiger partial charge in [-0.2, -0.15) is 0 Å². The van der Waals surface area contributed by atoms with Crippen molar-refractivity contribution in [2.75, 3.05) is 0 Å². The molecule has 0 spiro atoms. The summed E-state index contributed by atoms with van der Waals surface area (Å²) in [7, 11) is 0. The van der Waals surface area contributed by atoms with Gasteiger partial charge in [0.25, 0.3) is 0 Å². The van der Waals surface area contributed by atoms with E-state index < -0.39 is 0 Å². The Balaban J connectivity index is 2.40. The van der Waals surface area contributed by atoms with Gasteiger partial charge in [0.05, 0.1) is 6.10 Å². The summed E-state index contributed by atoms with van der Waals surface area (Å²) in [5.74, 6) is 0. The van der Waals surface area contributed by atoms with Crippen LogP contribution in [0.3, 0.4) is 0 Å². The van der Waals surface area contributed by atoms with E-state index in [4.69, 9.17) is 0 Å². The highest BCUT2D eigenvalue weighted by Gasteiger charge is 2.01. The van der Waals surface area contributed by atoms with E-state index in [0.717, 1.165) is 12.8 Å². The molecule has 0 aliphatic heterocycles. The van der Waals surface area contributed by atoms with Crippen LogP contribution in [0, 0.1) is 0 Å². The van der Waals surface area contributed by atoms with Crippen molar-refractivity contribution in [1.82, 2.24) is 0 Å². The van der Waals surface area contributed by atoms with Crippen molar-refractivity contribution in [2.24, 2.45) is 0 Å². The van der Waals surface area contributed by atoms with Gasteiger partial charge >= 0.3 is 0 Å². The lowest BCUT2D eigenvalue weighted by Crippen LogP contribution is -2.06. The first-order chi connectivity index (χ1) is 4.83. The van der Waals surface area contributed by atoms with Gasteiger partial charge in [-0.15, -0.1) is 11.3 Å². The van der Waals surface area contributed by atoms with Crippen molar-refractivity contribution < 1.29 is 5.11 Å². The fraction of sp³-hybridized carbons (Fsp3) is 0.500. The third kappa shape index (κ3) is 2.12. The molecule has 1 atom stereocenters. The van der Waals surface area contributed by atoms with Crippen molar-refractivity contribution >= 4 is 11.3 Å². The molecule has 0 saturated carbocycles. The van der Waals surface area contributed by atoms with E-state index >= 15 is 0 Å². The number of aliphatic hydroxyl groups is 1. The number of aliphatic hydroxyl groups excluding tert-OH is 1. The largest absolute Gasteiger partial charge is 0.393 e. The molecule has 0 amide bonds. The topological polar surface area (TPSA) is 20.2 Å². The van der Waals surface area contributed by atoms with Crippen molar-refractivity contribution in [3.05, 3.63) is 22.4 Å². The fourth-order valence-corrected chi connectivity index (χ4v) is 1.58. The predicted octanol–water partition coefficient (Wildman–Crippen LogP) is 2.06. The van der Waals surface area contributed by atoms with Crippen molar-refractivity contribution in [1.29, 1.82) is 0 Å². The molecule has 0 aromatic carbocycles. The van der Waals surface area contributed by atoms with Gasteiger partial charge in [0.2, 0.25) is 0 Å². The first-order valence-corrected chi connectivity index (χ1v) is 4.41. The Kier molecular flexibility index (Phi) is 2.90. The molecule has 1 unspecified atom stereocenters. The van der Waals surface area contributed by atoms with Gasteiger partial charge in [-0.1, -0.05) is 13.0 Å². The minimum atomic E-state index is -0.154. The van der Waals surface area contributed by atoms with Crippen LogP contribution in [-0.4, -0.2) is 11.2 Å². The van der Waals surface area contributed by atoms with Gasteiger partial charge in [-0.25, -0.2) is 0 Å². The molecular weight excluding hydrogens is 144 g/mol. The summed E-state index contributed by atoms with van der Waals surface area (Å²) in [6, 6.07) is 4.08. The highest BCUT2D eigenvalue weighted by Crippen LogP contribution is 2.11. The molecule has 0 fully saturated rings. The summed E-state index contributed by atoms with van der Waals surface area (Å²) in [6.45, 7) is 2.00. The Morgan fingerprint density at radius 1 is 1.70 bits per heavy atom. The Bertz CT molecular complexity index is 169. The average molecular weight is 156 g/mol. The third-order valence-electron chi connectivity index (χ3n) is 1.49. The quantitative estimate of drug-likeness (QED) is 0.710. The summed E-state index contributed by atoms with van der Waals surface area (Å²) in [6.07, 6.45) is 1.50. The molecule has 1 nitrogen and oxygen atoms in total. The molecule has 1 aromatic rings. The molecule has 2 heteroatoms. The summed E-state index contributed by atoms with van der Waals surface area (Å²) in [4.78, 5) is 1.27. The van der Waals surface area contributed by atoms with Crippen LogP contribution in [0.25, 0.3) is 0 Å². The van der Waals surface area contributed by atoms with Crippen molar-refractivity contribution in [2.45, 2.75) is 25.9 Å². The molecule has 0 radical (unpaired) electrons. The summed E-state index contributed by atoms with van der Waals surface area (Å²) >= 11 is 1.71. The van der Waals surface area contributed by atoms with E-state index in [1.54, 1.807) is 11.3 Å². The molecule has 1 aromatic heterocycles. The smallest absolute Gasteiger partial charge is 0.0585 e. The van der Waals surface area contributed by atoms with Crippen molar-refractivity contribution in [3.63, 3.8) is 0 Å². The number of thiophene rings is 1. The van der Waals surface area contributed by atoms with E-state index in [0.29, 0.717) is 0 Å². The van der Waals surface area contributed by atoms with Gasteiger partial charge in [-0.3, -0.25) is 0 Å². The van der Waals surface area contributed by atoms with Gasteiger partial charge in [0.15, 0.2) is 0 Å². The van der Waals surface area contributed by atoms with E-state index in [1.807, 2.05) is 18.4 Å². The second kappa shape index (κ2) is 3.74. The Hall–Kier alpha value is -0.340. The highest BCUT2D eigenvalue weighted by atomic mass is 32.1. The minimum absolute atomic E-state index is 0.154. The van der Waals surface area contributed by atoms with Crippen LogP contribution in [0.5, 0.6) is 0 Å². The van der Waals surface area contributed by atoms with Crippen LogP contribution in [0.4, 0.5) is 0 Å². The zero-order chi connectivity index (χ0) is 7.40. The van der Waals surface area contributed by atoms with Crippen molar-refractivity contribution in [3.8, 4) is 0 Å². The van der Waals surface area contributed by atoms with Gasteiger partial charge in [0, 0.05) is 11.3 Å². The van der Waals surface area contributed by atoms with Crippen LogP contribution in [0.15, 0.2) is 17.5 Å². The maximum atomic E-state index is 9.24. The number of hydrogen-bond acceptors (Lipinski definition) is 2. The van der Waals surface area contributed by atoms with Crippen LogP contribution >= 0.6 is 11.3 Å². The fourth-order valence-electron chi connectivity index (χ4n) is 0.805. The molecule has 56 valence electrons. The second-order valence-electron chi connectivity index (χ2n) is 2.35. The van der Waals surface area contributed by atoms with Gasteiger partial charge in [0.1, 0.15) is 0 Å². The molecule has 0 bridgehead atoms. The van der Waals surface area contributed by atoms with E-state index in [1.165, 1.54) is 4.88 Å². The Labute approximate surface area is 65.3 Å². The lowest BCUT2D eigenvalue weighted by Gasteiger charge is -2.03. The van der Waals surface area contributed by atoms with Gasteiger partial charge in [-0.05, 0) is 17.9 Å². The molecule has 1 heterocycles.